The Balaban J connectivity index is 2.14. The van der Waals surface area contributed by atoms with E-state index in [9.17, 15) is 4.79 Å². The van der Waals surface area contributed by atoms with Crippen molar-refractivity contribution in [3.63, 3.8) is 0 Å². The third-order valence-electron chi connectivity index (χ3n) is 3.44. The summed E-state index contributed by atoms with van der Waals surface area (Å²) in [6, 6.07) is 7.96. The summed E-state index contributed by atoms with van der Waals surface area (Å²) in [5, 5.41) is 0. The van der Waals surface area contributed by atoms with Crippen molar-refractivity contribution in [2.45, 2.75) is 19.0 Å². The molecule has 0 aromatic heterocycles. The second kappa shape index (κ2) is 5.48. The summed E-state index contributed by atoms with van der Waals surface area (Å²) in [5.74, 6) is 0.822. The van der Waals surface area contributed by atoms with Gasteiger partial charge in [0.05, 0.1) is 13.2 Å². The van der Waals surface area contributed by atoms with Gasteiger partial charge in [-0.3, -0.25) is 0 Å². The molecule has 2 atom stereocenters. The van der Waals surface area contributed by atoms with Crippen LogP contribution >= 0.6 is 0 Å². The second-order valence-electron chi connectivity index (χ2n) is 5.06. The van der Waals surface area contributed by atoms with Crippen LogP contribution in [0, 0.1) is 0 Å². The number of amides is 2. The number of ether oxygens (including phenoxy) is 1. The van der Waals surface area contributed by atoms with E-state index in [2.05, 4.69) is 0 Å². The molecule has 1 aliphatic rings. The molecule has 2 amide bonds. The fourth-order valence-corrected chi connectivity index (χ4v) is 2.42. The first-order chi connectivity index (χ1) is 9.02. The lowest BCUT2D eigenvalue weighted by molar-refractivity contribution is 0.194. The number of hydrogen-bond acceptors (Lipinski definition) is 3. The van der Waals surface area contributed by atoms with Crippen molar-refractivity contribution in [2.75, 3.05) is 27.2 Å². The van der Waals surface area contributed by atoms with Crippen molar-refractivity contribution < 1.29 is 9.53 Å². The number of carbonyl (C=O) groups is 1. The maximum Gasteiger partial charge on any atom is 0.320 e. The summed E-state index contributed by atoms with van der Waals surface area (Å²) in [6.07, 6.45) is 0. The summed E-state index contributed by atoms with van der Waals surface area (Å²) < 4.78 is 5.15. The number of methoxy groups -OCH3 is 1. The predicted octanol–water partition coefficient (Wildman–Crippen LogP) is 1.45. The van der Waals surface area contributed by atoms with Gasteiger partial charge in [0.1, 0.15) is 5.75 Å². The molecule has 1 fully saturated rings. The van der Waals surface area contributed by atoms with Gasteiger partial charge >= 0.3 is 6.03 Å². The lowest BCUT2D eigenvalue weighted by Crippen LogP contribution is -2.38. The fourth-order valence-electron chi connectivity index (χ4n) is 2.42. The summed E-state index contributed by atoms with van der Waals surface area (Å²) in [7, 11) is 3.48. The third-order valence-corrected chi connectivity index (χ3v) is 3.44. The van der Waals surface area contributed by atoms with Crippen LogP contribution < -0.4 is 10.5 Å². The molecule has 19 heavy (non-hydrogen) atoms. The molecule has 5 heteroatoms. The molecule has 2 unspecified atom stereocenters. The highest BCUT2D eigenvalue weighted by molar-refractivity contribution is 5.77. The van der Waals surface area contributed by atoms with Gasteiger partial charge in [0.25, 0.3) is 0 Å². The summed E-state index contributed by atoms with van der Waals surface area (Å²) in [4.78, 5) is 15.7. The average molecular weight is 263 g/mol. The monoisotopic (exact) mass is 263 g/mol. The Morgan fingerprint density at radius 1 is 1.42 bits per heavy atom. The average Bonchev–Trinajstić information content (AvgIpc) is 2.67. The first-order valence-corrected chi connectivity index (χ1v) is 6.44. The zero-order chi connectivity index (χ0) is 14.0. The van der Waals surface area contributed by atoms with Crippen molar-refractivity contribution in [3.05, 3.63) is 29.8 Å². The molecular formula is C14H21N3O2. The highest BCUT2D eigenvalue weighted by atomic mass is 16.5. The number of nitrogens with zero attached hydrogens (tertiary/aromatic N) is 2. The molecule has 0 aliphatic carbocycles. The quantitative estimate of drug-likeness (QED) is 0.894. The number of carbonyl (C=O) groups excluding carboxylic acids is 1. The van der Waals surface area contributed by atoms with E-state index in [-0.39, 0.29) is 18.1 Å². The normalized spacial score (nSPS) is 20.8. The number of likely N-dealkylation sites (N-methyl/N-ethyl adjacent to an activating group) is 1. The minimum absolute atomic E-state index is 0.00744. The lowest BCUT2D eigenvalue weighted by atomic mass is 10.1. The zero-order valence-corrected chi connectivity index (χ0v) is 11.7. The first kappa shape index (κ1) is 13.7. The molecule has 0 spiro atoms. The van der Waals surface area contributed by atoms with Gasteiger partial charge in [-0.1, -0.05) is 12.1 Å². The van der Waals surface area contributed by atoms with Gasteiger partial charge in [-0.05, 0) is 24.6 Å². The van der Waals surface area contributed by atoms with E-state index in [1.54, 1.807) is 16.9 Å². The van der Waals surface area contributed by atoms with Gasteiger partial charge in [-0.15, -0.1) is 0 Å². The van der Waals surface area contributed by atoms with Crippen LogP contribution in [-0.4, -0.2) is 49.1 Å². The topological polar surface area (TPSA) is 58.8 Å². The molecule has 5 nitrogen and oxygen atoms in total. The van der Waals surface area contributed by atoms with Gasteiger partial charge in [0, 0.05) is 26.2 Å². The van der Waals surface area contributed by atoms with Crippen molar-refractivity contribution in [1.29, 1.82) is 0 Å². The van der Waals surface area contributed by atoms with Gasteiger partial charge in [-0.25, -0.2) is 4.79 Å². The molecule has 104 valence electrons. The predicted molar refractivity (Wildman–Crippen MR) is 74.1 cm³/mol. The smallest absolute Gasteiger partial charge is 0.320 e. The highest BCUT2D eigenvalue weighted by Crippen LogP contribution is 2.29. The molecule has 1 aromatic carbocycles. The van der Waals surface area contributed by atoms with Crippen LogP contribution in [0.1, 0.15) is 18.5 Å². The molecule has 2 N–H and O–H groups in total. The van der Waals surface area contributed by atoms with Gasteiger partial charge in [0.2, 0.25) is 0 Å². The van der Waals surface area contributed by atoms with E-state index in [1.165, 1.54) is 0 Å². The maximum atomic E-state index is 12.1. The second-order valence-corrected chi connectivity index (χ2v) is 5.06. The fraction of sp³-hybridized carbons (Fsp3) is 0.500. The van der Waals surface area contributed by atoms with Crippen molar-refractivity contribution in [1.82, 2.24) is 9.80 Å². The van der Waals surface area contributed by atoms with E-state index < -0.39 is 0 Å². The maximum absolute atomic E-state index is 12.1. The number of benzene rings is 1. The first-order valence-electron chi connectivity index (χ1n) is 6.44. The van der Waals surface area contributed by atoms with Gasteiger partial charge in [0.15, 0.2) is 0 Å². The van der Waals surface area contributed by atoms with Crippen LogP contribution in [-0.2, 0) is 0 Å². The van der Waals surface area contributed by atoms with Crippen LogP contribution in [0.3, 0.4) is 0 Å². The van der Waals surface area contributed by atoms with Crippen LogP contribution in [0.2, 0.25) is 0 Å². The van der Waals surface area contributed by atoms with E-state index in [0.717, 1.165) is 11.3 Å². The molecule has 0 radical (unpaired) electrons. The van der Waals surface area contributed by atoms with Crippen LogP contribution in [0.15, 0.2) is 24.3 Å². The Morgan fingerprint density at radius 3 is 2.58 bits per heavy atom. The Kier molecular flexibility index (Phi) is 3.95. The summed E-state index contributed by atoms with van der Waals surface area (Å²) >= 11 is 0. The standard InChI is InChI=1S/C14H21N3O2/c1-10(15)8-17-9-13(16(2)14(17)18)11-4-6-12(19-3)7-5-11/h4-7,10,13H,8-9,15H2,1-3H3. The zero-order valence-electron chi connectivity index (χ0n) is 11.7. The van der Waals surface area contributed by atoms with Crippen molar-refractivity contribution in [3.8, 4) is 5.75 Å². The molecule has 1 saturated heterocycles. The molecule has 1 aromatic rings. The summed E-state index contributed by atoms with van der Waals surface area (Å²) in [6.45, 7) is 3.19. The van der Waals surface area contributed by atoms with Gasteiger partial charge < -0.3 is 20.3 Å². The van der Waals surface area contributed by atoms with Crippen molar-refractivity contribution in [2.24, 2.45) is 5.73 Å². The number of hydrogen-bond donors (Lipinski definition) is 1. The van der Waals surface area contributed by atoms with E-state index >= 15 is 0 Å². The van der Waals surface area contributed by atoms with E-state index in [1.807, 2.05) is 38.2 Å². The number of rotatable bonds is 4. The minimum Gasteiger partial charge on any atom is -0.497 e. The molecule has 2 rings (SSSR count). The molecule has 0 bridgehead atoms. The van der Waals surface area contributed by atoms with E-state index in [0.29, 0.717) is 13.1 Å². The molecule has 0 saturated carbocycles. The van der Waals surface area contributed by atoms with Crippen LogP contribution in [0.5, 0.6) is 5.75 Å². The van der Waals surface area contributed by atoms with Crippen LogP contribution in [0.4, 0.5) is 4.79 Å². The Morgan fingerprint density at radius 2 is 2.05 bits per heavy atom. The molecule has 1 aliphatic heterocycles. The Bertz CT molecular complexity index is 445. The minimum atomic E-state index is -0.00744. The number of nitrogens with two attached hydrogens (primary N) is 1. The highest BCUT2D eigenvalue weighted by Gasteiger charge is 2.35. The van der Waals surface area contributed by atoms with Crippen LogP contribution in [0.25, 0.3) is 0 Å². The molecule has 1 heterocycles. The lowest BCUT2D eigenvalue weighted by Gasteiger charge is -2.18. The summed E-state index contributed by atoms with van der Waals surface area (Å²) in [5.41, 5.74) is 6.89. The SMILES string of the molecule is COc1ccc(C2CN(CC(C)N)C(=O)N2C)cc1. The largest absolute Gasteiger partial charge is 0.497 e. The van der Waals surface area contributed by atoms with E-state index in [4.69, 9.17) is 10.5 Å². The third kappa shape index (κ3) is 2.81. The Hall–Kier alpha value is -1.75. The Labute approximate surface area is 113 Å². The van der Waals surface area contributed by atoms with Crippen molar-refractivity contribution >= 4 is 6.03 Å². The van der Waals surface area contributed by atoms with Gasteiger partial charge in [-0.2, -0.15) is 0 Å². The number of urea groups is 1. The molecular weight excluding hydrogens is 242 g/mol.